The highest BCUT2D eigenvalue weighted by Gasteiger charge is 2.04. The van der Waals surface area contributed by atoms with E-state index < -0.39 is 0 Å². The van der Waals surface area contributed by atoms with Crippen LogP contribution >= 0.6 is 11.6 Å². The van der Waals surface area contributed by atoms with Crippen molar-refractivity contribution in [3.63, 3.8) is 0 Å². The summed E-state index contributed by atoms with van der Waals surface area (Å²) in [5.74, 6) is 1.44. The number of ether oxygens (including phenoxy) is 1. The van der Waals surface area contributed by atoms with Gasteiger partial charge in [-0.1, -0.05) is 41.9 Å². The van der Waals surface area contributed by atoms with Crippen molar-refractivity contribution >= 4 is 11.6 Å². The first-order chi connectivity index (χ1) is 10.8. The maximum atomic E-state index is 5.82. The van der Waals surface area contributed by atoms with Crippen molar-refractivity contribution in [3.8, 4) is 17.1 Å². The van der Waals surface area contributed by atoms with Crippen LogP contribution in [0.4, 0.5) is 0 Å². The Morgan fingerprint density at radius 3 is 2.55 bits per heavy atom. The minimum Gasteiger partial charge on any atom is -0.494 e. The summed E-state index contributed by atoms with van der Waals surface area (Å²) in [5, 5.41) is 13.2. The molecule has 6 heteroatoms. The molecule has 0 N–H and O–H groups in total. The lowest BCUT2D eigenvalue weighted by molar-refractivity contribution is 0.293. The molecule has 0 amide bonds. The highest BCUT2D eigenvalue weighted by atomic mass is 35.5. The maximum Gasteiger partial charge on any atom is 0.204 e. The Kier molecular flexibility index (Phi) is 4.65. The van der Waals surface area contributed by atoms with Gasteiger partial charge < -0.3 is 4.74 Å². The van der Waals surface area contributed by atoms with Gasteiger partial charge in [-0.15, -0.1) is 10.2 Å². The number of aromatic nitrogens is 4. The number of hydrogen-bond donors (Lipinski definition) is 0. The lowest BCUT2D eigenvalue weighted by Crippen LogP contribution is -2.07. The summed E-state index contributed by atoms with van der Waals surface area (Å²) < 4.78 is 5.63. The number of nitrogens with zero attached hydrogens (tertiary/aromatic N) is 4. The highest BCUT2D eigenvalue weighted by Crippen LogP contribution is 2.15. The van der Waals surface area contributed by atoms with Gasteiger partial charge in [0.1, 0.15) is 5.75 Å². The van der Waals surface area contributed by atoms with E-state index in [9.17, 15) is 0 Å². The number of tetrazole rings is 1. The van der Waals surface area contributed by atoms with Crippen molar-refractivity contribution in [2.75, 3.05) is 6.61 Å². The van der Waals surface area contributed by atoms with Gasteiger partial charge in [0.05, 0.1) is 13.2 Å². The predicted octanol–water partition coefficient (Wildman–Crippen LogP) is 3.46. The number of hydrogen-bond acceptors (Lipinski definition) is 4. The molecule has 0 bridgehead atoms. The molecule has 22 heavy (non-hydrogen) atoms. The third kappa shape index (κ3) is 3.83. The van der Waals surface area contributed by atoms with Gasteiger partial charge in [0.2, 0.25) is 5.82 Å². The van der Waals surface area contributed by atoms with E-state index in [1.165, 1.54) is 0 Å². The summed E-state index contributed by atoms with van der Waals surface area (Å²) in [6.45, 7) is 1.25. The molecule has 0 spiro atoms. The Labute approximate surface area is 133 Å². The molecule has 112 valence electrons. The van der Waals surface area contributed by atoms with Crippen LogP contribution in [0, 0.1) is 0 Å². The largest absolute Gasteiger partial charge is 0.494 e. The Hall–Kier alpha value is -2.40. The molecule has 2 aromatic carbocycles. The molecule has 5 nitrogen and oxygen atoms in total. The molecule has 3 rings (SSSR count). The predicted molar refractivity (Wildman–Crippen MR) is 84.8 cm³/mol. The molecule has 0 atom stereocenters. The summed E-state index contributed by atoms with van der Waals surface area (Å²) >= 11 is 5.82. The monoisotopic (exact) mass is 314 g/mol. The van der Waals surface area contributed by atoms with Crippen LogP contribution in [-0.4, -0.2) is 26.8 Å². The lowest BCUT2D eigenvalue weighted by atomic mass is 10.2. The zero-order chi connectivity index (χ0) is 15.2. The van der Waals surface area contributed by atoms with Gasteiger partial charge in [0.25, 0.3) is 0 Å². The molecule has 0 unspecified atom stereocenters. The SMILES string of the molecule is Clc1ccc(OCCCn2nnc(-c3ccccc3)n2)cc1. The first kappa shape index (κ1) is 14.5. The summed E-state index contributed by atoms with van der Waals surface area (Å²) in [4.78, 5) is 1.59. The molecule has 0 radical (unpaired) electrons. The second-order valence-electron chi connectivity index (χ2n) is 4.73. The van der Waals surface area contributed by atoms with Crippen LogP contribution in [0.25, 0.3) is 11.4 Å². The summed E-state index contributed by atoms with van der Waals surface area (Å²) in [5.41, 5.74) is 0.964. The van der Waals surface area contributed by atoms with Crippen LogP contribution in [0.5, 0.6) is 5.75 Å². The fraction of sp³-hybridized carbons (Fsp3) is 0.188. The van der Waals surface area contributed by atoms with Crippen molar-refractivity contribution in [2.24, 2.45) is 0 Å². The third-order valence-corrected chi connectivity index (χ3v) is 3.32. The Bertz CT molecular complexity index is 713. The second-order valence-corrected chi connectivity index (χ2v) is 5.17. The summed E-state index contributed by atoms with van der Waals surface area (Å²) in [7, 11) is 0. The van der Waals surface area contributed by atoms with E-state index in [0.717, 1.165) is 17.7 Å². The fourth-order valence-corrected chi connectivity index (χ4v) is 2.09. The zero-order valence-electron chi connectivity index (χ0n) is 11.9. The lowest BCUT2D eigenvalue weighted by Gasteiger charge is -2.05. The van der Waals surface area contributed by atoms with Crippen LogP contribution < -0.4 is 4.74 Å². The Morgan fingerprint density at radius 1 is 1.00 bits per heavy atom. The Balaban J connectivity index is 1.48. The molecule has 0 aliphatic rings. The molecule has 0 saturated carbocycles. The topological polar surface area (TPSA) is 52.8 Å². The fourth-order valence-electron chi connectivity index (χ4n) is 1.97. The first-order valence-electron chi connectivity index (χ1n) is 7.03. The van der Waals surface area contributed by atoms with Crippen molar-refractivity contribution in [1.82, 2.24) is 20.2 Å². The molecular formula is C16H15ClN4O. The smallest absolute Gasteiger partial charge is 0.204 e. The summed E-state index contributed by atoms with van der Waals surface area (Å²) in [6, 6.07) is 17.1. The third-order valence-electron chi connectivity index (χ3n) is 3.07. The van der Waals surface area contributed by atoms with E-state index in [1.54, 1.807) is 4.80 Å². The van der Waals surface area contributed by atoms with Crippen molar-refractivity contribution in [2.45, 2.75) is 13.0 Å². The average molecular weight is 315 g/mol. The number of aryl methyl sites for hydroxylation is 1. The minimum atomic E-state index is 0.587. The van der Waals surface area contributed by atoms with Gasteiger partial charge in [0, 0.05) is 17.0 Å². The van der Waals surface area contributed by atoms with Gasteiger partial charge in [-0.2, -0.15) is 4.80 Å². The minimum absolute atomic E-state index is 0.587. The summed E-state index contributed by atoms with van der Waals surface area (Å²) in [6.07, 6.45) is 0.799. The van der Waals surface area contributed by atoms with Crippen molar-refractivity contribution in [3.05, 3.63) is 59.6 Å². The number of halogens is 1. The van der Waals surface area contributed by atoms with E-state index in [1.807, 2.05) is 54.6 Å². The second kappa shape index (κ2) is 7.04. The van der Waals surface area contributed by atoms with Crippen LogP contribution in [0.1, 0.15) is 6.42 Å². The van der Waals surface area contributed by atoms with E-state index in [4.69, 9.17) is 16.3 Å². The maximum absolute atomic E-state index is 5.82. The van der Waals surface area contributed by atoms with Gasteiger partial charge in [0.15, 0.2) is 0 Å². The molecule has 0 fully saturated rings. The molecular weight excluding hydrogens is 300 g/mol. The molecule has 3 aromatic rings. The Morgan fingerprint density at radius 2 is 1.77 bits per heavy atom. The van der Waals surface area contributed by atoms with Crippen LogP contribution in [0.2, 0.25) is 5.02 Å². The van der Waals surface area contributed by atoms with Crippen molar-refractivity contribution in [1.29, 1.82) is 0 Å². The quantitative estimate of drug-likeness (QED) is 0.654. The van der Waals surface area contributed by atoms with E-state index in [0.29, 0.717) is 24.0 Å². The van der Waals surface area contributed by atoms with Crippen LogP contribution in [0.3, 0.4) is 0 Å². The van der Waals surface area contributed by atoms with E-state index >= 15 is 0 Å². The number of rotatable bonds is 6. The average Bonchev–Trinajstić information content (AvgIpc) is 3.03. The van der Waals surface area contributed by atoms with Gasteiger partial charge in [-0.3, -0.25) is 0 Å². The van der Waals surface area contributed by atoms with Gasteiger partial charge in [-0.05, 0) is 29.5 Å². The van der Waals surface area contributed by atoms with Crippen LogP contribution in [-0.2, 0) is 6.54 Å². The number of benzene rings is 2. The molecule has 1 heterocycles. The zero-order valence-corrected chi connectivity index (χ0v) is 12.6. The molecule has 0 aliphatic heterocycles. The normalized spacial score (nSPS) is 10.6. The van der Waals surface area contributed by atoms with Gasteiger partial charge in [-0.25, -0.2) is 0 Å². The van der Waals surface area contributed by atoms with Crippen LogP contribution in [0.15, 0.2) is 54.6 Å². The molecule has 1 aromatic heterocycles. The highest BCUT2D eigenvalue weighted by molar-refractivity contribution is 6.30. The molecule has 0 aliphatic carbocycles. The van der Waals surface area contributed by atoms with Gasteiger partial charge >= 0.3 is 0 Å². The molecule has 0 saturated heterocycles. The first-order valence-corrected chi connectivity index (χ1v) is 7.41. The van der Waals surface area contributed by atoms with Crippen molar-refractivity contribution < 1.29 is 4.74 Å². The van der Waals surface area contributed by atoms with E-state index in [2.05, 4.69) is 15.4 Å². The standard InChI is InChI=1S/C16H15ClN4O/c17-14-7-9-15(10-8-14)22-12-4-11-21-19-16(18-20-21)13-5-2-1-3-6-13/h1-3,5-10H,4,11-12H2. The van der Waals surface area contributed by atoms with E-state index in [-0.39, 0.29) is 0 Å².